The van der Waals surface area contributed by atoms with Crippen LogP contribution in [0.1, 0.15) is 30.1 Å². The highest BCUT2D eigenvalue weighted by atomic mass is 16.3. The predicted octanol–water partition coefficient (Wildman–Crippen LogP) is 1.63. The number of para-hydroxylation sites is 1. The van der Waals surface area contributed by atoms with Crippen LogP contribution in [0.2, 0.25) is 0 Å². The average Bonchev–Trinajstić information content (AvgIpc) is 2.75. The summed E-state index contributed by atoms with van der Waals surface area (Å²) in [4.78, 5) is 33.3. The third kappa shape index (κ3) is 4.29. The van der Waals surface area contributed by atoms with Gasteiger partial charge in [-0.1, -0.05) is 18.2 Å². The monoisotopic (exact) mass is 409 g/mol. The van der Waals surface area contributed by atoms with Gasteiger partial charge in [0.05, 0.1) is 17.8 Å². The van der Waals surface area contributed by atoms with Crippen LogP contribution in [0.5, 0.6) is 0 Å². The van der Waals surface area contributed by atoms with Crippen molar-refractivity contribution in [1.29, 1.82) is 0 Å². The van der Waals surface area contributed by atoms with Crippen LogP contribution in [-0.4, -0.2) is 50.8 Å². The number of aliphatic hydroxyl groups excluding tert-OH is 1. The SMILES string of the molecule is Cc1cn(C2CCN(Cc3cc(NCCO)c4ccccc4n3)CC2)c(=O)[nH]c1=O. The van der Waals surface area contributed by atoms with Crippen LogP contribution in [0, 0.1) is 6.92 Å². The fraction of sp³-hybridized carbons (Fsp3) is 0.409. The van der Waals surface area contributed by atoms with Crippen molar-refractivity contribution in [3.05, 3.63) is 68.6 Å². The molecule has 1 aromatic carbocycles. The summed E-state index contributed by atoms with van der Waals surface area (Å²) in [7, 11) is 0. The number of aromatic amines is 1. The standard InChI is InChI=1S/C22H27N5O3/c1-15-13-27(22(30)25-21(15)29)17-6-9-26(10-7-17)14-16-12-20(23-8-11-28)18-4-2-3-5-19(18)24-16/h2-5,12-13,17,28H,6-11,14H2,1H3,(H,23,24)(H,25,29,30). The lowest BCUT2D eigenvalue weighted by molar-refractivity contribution is 0.175. The van der Waals surface area contributed by atoms with Gasteiger partial charge in [0.2, 0.25) is 0 Å². The lowest BCUT2D eigenvalue weighted by Crippen LogP contribution is -2.39. The highest BCUT2D eigenvalue weighted by molar-refractivity contribution is 5.91. The Balaban J connectivity index is 1.47. The maximum atomic E-state index is 12.2. The van der Waals surface area contributed by atoms with E-state index >= 15 is 0 Å². The van der Waals surface area contributed by atoms with E-state index in [2.05, 4.69) is 21.3 Å². The van der Waals surface area contributed by atoms with Gasteiger partial charge in [0, 0.05) is 55.1 Å². The lowest BCUT2D eigenvalue weighted by Gasteiger charge is -2.32. The Morgan fingerprint density at radius 1 is 1.23 bits per heavy atom. The molecule has 1 fully saturated rings. The molecule has 0 atom stereocenters. The number of benzene rings is 1. The number of pyridine rings is 1. The number of likely N-dealkylation sites (tertiary alicyclic amines) is 1. The van der Waals surface area contributed by atoms with Gasteiger partial charge in [-0.25, -0.2) is 4.79 Å². The van der Waals surface area contributed by atoms with Crippen LogP contribution >= 0.6 is 0 Å². The lowest BCUT2D eigenvalue weighted by atomic mass is 10.0. The second-order valence-electron chi connectivity index (χ2n) is 7.81. The van der Waals surface area contributed by atoms with E-state index in [1.165, 1.54) is 0 Å². The van der Waals surface area contributed by atoms with E-state index in [-0.39, 0.29) is 23.9 Å². The van der Waals surface area contributed by atoms with Crippen LogP contribution in [0.15, 0.2) is 46.1 Å². The summed E-state index contributed by atoms with van der Waals surface area (Å²) in [6, 6.07) is 10.1. The predicted molar refractivity (Wildman–Crippen MR) is 117 cm³/mol. The molecular formula is C22H27N5O3. The molecule has 0 aliphatic carbocycles. The van der Waals surface area contributed by atoms with Gasteiger partial charge in [-0.05, 0) is 31.9 Å². The zero-order valence-electron chi connectivity index (χ0n) is 17.1. The average molecular weight is 409 g/mol. The zero-order chi connectivity index (χ0) is 21.1. The number of piperidine rings is 1. The molecule has 0 spiro atoms. The Bertz CT molecular complexity index is 1150. The Morgan fingerprint density at radius 2 is 2.00 bits per heavy atom. The van der Waals surface area contributed by atoms with Gasteiger partial charge in [-0.15, -0.1) is 0 Å². The van der Waals surface area contributed by atoms with Crippen LogP contribution in [0.4, 0.5) is 5.69 Å². The number of hydrogen-bond acceptors (Lipinski definition) is 6. The van der Waals surface area contributed by atoms with Crippen molar-refractivity contribution in [2.75, 3.05) is 31.6 Å². The molecule has 0 saturated carbocycles. The molecule has 1 aliphatic heterocycles. The number of fused-ring (bicyclic) bond motifs is 1. The fourth-order valence-electron chi connectivity index (χ4n) is 4.09. The van der Waals surface area contributed by atoms with Crippen LogP contribution in [0.3, 0.4) is 0 Å². The molecule has 158 valence electrons. The number of aromatic nitrogens is 3. The van der Waals surface area contributed by atoms with Crippen molar-refractivity contribution in [1.82, 2.24) is 19.4 Å². The minimum Gasteiger partial charge on any atom is -0.395 e. The number of anilines is 1. The molecule has 3 heterocycles. The summed E-state index contributed by atoms with van der Waals surface area (Å²) >= 11 is 0. The summed E-state index contributed by atoms with van der Waals surface area (Å²) in [5, 5.41) is 13.5. The maximum Gasteiger partial charge on any atom is 0.328 e. The number of aliphatic hydroxyl groups is 1. The van der Waals surface area contributed by atoms with Gasteiger partial charge in [-0.3, -0.25) is 24.2 Å². The van der Waals surface area contributed by atoms with E-state index in [9.17, 15) is 14.7 Å². The second kappa shape index (κ2) is 8.81. The molecule has 0 unspecified atom stereocenters. The molecule has 4 rings (SSSR count). The van der Waals surface area contributed by atoms with E-state index in [0.29, 0.717) is 12.1 Å². The highest BCUT2D eigenvalue weighted by Gasteiger charge is 2.22. The van der Waals surface area contributed by atoms with Crippen molar-refractivity contribution in [2.24, 2.45) is 0 Å². The molecule has 2 aromatic heterocycles. The van der Waals surface area contributed by atoms with Gasteiger partial charge in [0.25, 0.3) is 5.56 Å². The number of nitrogens with one attached hydrogen (secondary N) is 2. The zero-order valence-corrected chi connectivity index (χ0v) is 17.1. The maximum absolute atomic E-state index is 12.2. The van der Waals surface area contributed by atoms with Gasteiger partial charge in [0.1, 0.15) is 0 Å². The summed E-state index contributed by atoms with van der Waals surface area (Å²) in [6.07, 6.45) is 3.36. The minimum atomic E-state index is -0.333. The van der Waals surface area contributed by atoms with Crippen LogP contribution in [-0.2, 0) is 6.54 Å². The Kier molecular flexibility index (Phi) is 5.96. The van der Waals surface area contributed by atoms with Crippen molar-refractivity contribution in [3.8, 4) is 0 Å². The van der Waals surface area contributed by atoms with E-state index in [1.54, 1.807) is 17.7 Å². The molecule has 0 bridgehead atoms. The summed E-state index contributed by atoms with van der Waals surface area (Å²) < 4.78 is 1.67. The van der Waals surface area contributed by atoms with Gasteiger partial charge in [0.15, 0.2) is 0 Å². The van der Waals surface area contributed by atoms with Gasteiger partial charge in [-0.2, -0.15) is 0 Å². The molecular weight excluding hydrogens is 382 g/mol. The van der Waals surface area contributed by atoms with Crippen molar-refractivity contribution in [3.63, 3.8) is 0 Å². The van der Waals surface area contributed by atoms with Gasteiger partial charge < -0.3 is 10.4 Å². The third-order valence-corrected chi connectivity index (χ3v) is 5.68. The summed E-state index contributed by atoms with van der Waals surface area (Å²) in [5.41, 5.74) is 2.79. The Morgan fingerprint density at radius 3 is 2.77 bits per heavy atom. The quantitative estimate of drug-likeness (QED) is 0.572. The first-order valence-electron chi connectivity index (χ1n) is 10.3. The number of hydrogen-bond donors (Lipinski definition) is 3. The van der Waals surface area contributed by atoms with Crippen LogP contribution in [0.25, 0.3) is 10.9 Å². The van der Waals surface area contributed by atoms with E-state index < -0.39 is 0 Å². The fourth-order valence-corrected chi connectivity index (χ4v) is 4.09. The first kappa shape index (κ1) is 20.3. The second-order valence-corrected chi connectivity index (χ2v) is 7.81. The molecule has 3 N–H and O–H groups in total. The Hall–Kier alpha value is -2.97. The molecule has 1 saturated heterocycles. The minimum absolute atomic E-state index is 0.0725. The molecule has 3 aromatic rings. The van der Waals surface area contributed by atoms with E-state index in [1.807, 2.05) is 24.3 Å². The summed E-state index contributed by atoms with van der Waals surface area (Å²) in [6.45, 7) is 4.71. The first-order valence-corrected chi connectivity index (χ1v) is 10.3. The van der Waals surface area contributed by atoms with Crippen molar-refractivity contribution >= 4 is 16.6 Å². The largest absolute Gasteiger partial charge is 0.395 e. The van der Waals surface area contributed by atoms with Gasteiger partial charge >= 0.3 is 5.69 Å². The normalized spacial score (nSPS) is 15.5. The number of nitrogens with zero attached hydrogens (tertiary/aromatic N) is 3. The van der Waals surface area contributed by atoms with E-state index in [0.717, 1.165) is 54.8 Å². The van der Waals surface area contributed by atoms with Crippen molar-refractivity contribution < 1.29 is 5.11 Å². The van der Waals surface area contributed by atoms with E-state index in [4.69, 9.17) is 4.98 Å². The number of aryl methyl sites for hydroxylation is 1. The van der Waals surface area contributed by atoms with Crippen LogP contribution < -0.4 is 16.6 Å². The molecule has 1 aliphatic rings. The molecule has 0 amide bonds. The first-order chi connectivity index (χ1) is 14.5. The molecule has 0 radical (unpaired) electrons. The smallest absolute Gasteiger partial charge is 0.328 e. The number of rotatable bonds is 6. The van der Waals surface area contributed by atoms with Crippen molar-refractivity contribution in [2.45, 2.75) is 32.4 Å². The Labute approximate surface area is 174 Å². The third-order valence-electron chi connectivity index (χ3n) is 5.68. The topological polar surface area (TPSA) is 103 Å². The highest BCUT2D eigenvalue weighted by Crippen LogP contribution is 2.26. The summed E-state index contributed by atoms with van der Waals surface area (Å²) in [5.74, 6) is 0. The number of H-pyrrole nitrogens is 1. The molecule has 30 heavy (non-hydrogen) atoms. The molecule has 8 nitrogen and oxygen atoms in total. The molecule has 8 heteroatoms.